The predicted octanol–water partition coefficient (Wildman–Crippen LogP) is 8.75. The Morgan fingerprint density at radius 2 is 1.66 bits per heavy atom. The number of pyridine rings is 1. The third-order valence-electron chi connectivity index (χ3n) is 13.2. The molecule has 1 amide bonds. The summed E-state index contributed by atoms with van der Waals surface area (Å²) in [6, 6.07) is 22.3. The summed E-state index contributed by atoms with van der Waals surface area (Å²) in [4.78, 5) is 21.7. The first kappa shape index (κ1) is 39.9. The molecule has 10 nitrogen and oxygen atoms in total. The smallest absolute Gasteiger partial charge is 0.238 e. The van der Waals surface area contributed by atoms with Gasteiger partial charge in [-0.2, -0.15) is 0 Å². The second-order valence-electron chi connectivity index (χ2n) is 16.4. The van der Waals surface area contributed by atoms with Crippen LogP contribution >= 0.6 is 23.2 Å². The van der Waals surface area contributed by atoms with Gasteiger partial charge in [0.05, 0.1) is 31.0 Å². The summed E-state index contributed by atoms with van der Waals surface area (Å²) in [5.41, 5.74) is -2.25. The summed E-state index contributed by atoms with van der Waals surface area (Å²) >= 11 is 13.1. The van der Waals surface area contributed by atoms with Crippen LogP contribution in [0.5, 0.6) is 0 Å². The maximum Gasteiger partial charge on any atom is 0.238 e. The SMILES string of the molecule is O=C(N[C@H]1CC[C@H](c2nnco2)CC1)[C@H]1[C@H](c2ccnc(Cl)c2F)C2(OCNc3cc(Cl)ccc32)C2(CC(CF)(CF)C2)N1[C@H](c1ccccc1)[C@@H](O)c1ccccc1. The van der Waals surface area contributed by atoms with Crippen LogP contribution in [-0.4, -0.2) is 68.8 Å². The Hall–Kier alpha value is -4.53. The number of aliphatic hydroxyl groups excluding tert-OH is 1. The molecule has 0 bridgehead atoms. The van der Waals surface area contributed by atoms with Crippen molar-refractivity contribution in [2.45, 2.75) is 85.7 Å². The molecule has 308 valence electrons. The van der Waals surface area contributed by atoms with Crippen LogP contribution in [0.15, 0.2) is 102 Å². The molecule has 59 heavy (non-hydrogen) atoms. The molecule has 4 aliphatic rings. The summed E-state index contributed by atoms with van der Waals surface area (Å²) in [5.74, 6) is -1.95. The first-order valence-corrected chi connectivity index (χ1v) is 20.6. The highest BCUT2D eigenvalue weighted by Gasteiger charge is 2.80. The zero-order valence-electron chi connectivity index (χ0n) is 31.9. The lowest BCUT2D eigenvalue weighted by atomic mass is 9.49. The van der Waals surface area contributed by atoms with Crippen molar-refractivity contribution in [3.8, 4) is 0 Å². The van der Waals surface area contributed by atoms with Gasteiger partial charge in [-0.1, -0.05) is 89.9 Å². The first-order valence-electron chi connectivity index (χ1n) is 19.9. The summed E-state index contributed by atoms with van der Waals surface area (Å²) in [7, 11) is 0. The molecule has 2 aromatic heterocycles. The summed E-state index contributed by atoms with van der Waals surface area (Å²) in [5, 5.41) is 27.3. The van der Waals surface area contributed by atoms with Gasteiger partial charge in [-0.05, 0) is 67.9 Å². The van der Waals surface area contributed by atoms with E-state index in [-0.39, 0.29) is 37.1 Å². The van der Waals surface area contributed by atoms with Crippen LogP contribution in [0.1, 0.15) is 90.7 Å². The molecule has 1 saturated heterocycles. The van der Waals surface area contributed by atoms with Crippen molar-refractivity contribution in [3.63, 3.8) is 0 Å². The molecule has 2 saturated carbocycles. The minimum atomic E-state index is -1.67. The standard InChI is InChI=1S/C44H43Cl2F3N6O4/c45-29-13-16-32-33(19-29)51-24-59-44(32)34(31-17-18-50-39(46)35(31)49)37(40(57)53-30-14-11-28(12-15-30)41-54-52-25-58-41)55(43(44)20-42(21-43,22-47)23-48)36(26-7-3-1-4-8-26)38(56)27-9-5-2-6-10-27/h1-10,13,16-19,25,28,30,34,36-38,51,56H,11-12,14-15,20-24H2,(H,53,57)/t28-,30-,34-,36+,37+,38-,44?/m0/s1. The van der Waals surface area contributed by atoms with E-state index in [9.17, 15) is 5.11 Å². The number of anilines is 1. The molecule has 3 fully saturated rings. The number of amides is 1. The number of alkyl halides is 2. The van der Waals surface area contributed by atoms with Crippen LogP contribution < -0.4 is 10.6 Å². The van der Waals surface area contributed by atoms with Gasteiger partial charge in [-0.25, -0.2) is 9.37 Å². The van der Waals surface area contributed by atoms with Crippen molar-refractivity contribution in [3.05, 3.63) is 142 Å². The van der Waals surface area contributed by atoms with E-state index < -0.39 is 70.9 Å². The van der Waals surface area contributed by atoms with Crippen molar-refractivity contribution in [1.82, 2.24) is 25.4 Å². The van der Waals surface area contributed by atoms with Crippen molar-refractivity contribution in [1.29, 1.82) is 0 Å². The number of aliphatic hydroxyl groups is 1. The number of benzene rings is 3. The Labute approximate surface area is 349 Å². The summed E-state index contributed by atoms with van der Waals surface area (Å²) in [6.07, 6.45) is 3.66. The molecule has 9 rings (SSSR count). The van der Waals surface area contributed by atoms with Gasteiger partial charge in [0.1, 0.15) is 18.4 Å². The maximum atomic E-state index is 17.0. The molecular formula is C44H43Cl2F3N6O4. The Balaban J connectivity index is 1.30. The van der Waals surface area contributed by atoms with E-state index in [0.29, 0.717) is 59.0 Å². The molecule has 1 unspecified atom stereocenters. The van der Waals surface area contributed by atoms with Crippen LogP contribution in [-0.2, 0) is 15.1 Å². The summed E-state index contributed by atoms with van der Waals surface area (Å²) in [6.45, 7) is -2.08. The lowest BCUT2D eigenvalue weighted by Gasteiger charge is -2.65. The van der Waals surface area contributed by atoms with E-state index in [2.05, 4.69) is 25.8 Å². The Bertz CT molecular complexity index is 2280. The molecule has 2 aliphatic heterocycles. The highest BCUT2D eigenvalue weighted by atomic mass is 35.5. The van der Waals surface area contributed by atoms with Crippen molar-refractivity contribution < 1.29 is 32.2 Å². The van der Waals surface area contributed by atoms with Crippen LogP contribution in [0.2, 0.25) is 10.2 Å². The number of halogens is 5. The highest BCUT2D eigenvalue weighted by molar-refractivity contribution is 6.31. The number of fused-ring (bicyclic) bond motifs is 3. The van der Waals surface area contributed by atoms with Crippen LogP contribution in [0, 0.1) is 11.2 Å². The Kier molecular flexibility index (Phi) is 10.7. The van der Waals surface area contributed by atoms with Gasteiger partial charge in [0.15, 0.2) is 11.0 Å². The lowest BCUT2D eigenvalue weighted by Crippen LogP contribution is -2.72. The number of nitrogens with zero attached hydrogens (tertiary/aromatic N) is 4. The number of carbonyl (C=O) groups excluding carboxylic acids is 1. The number of aromatic nitrogens is 3. The van der Waals surface area contributed by atoms with Gasteiger partial charge in [0, 0.05) is 51.3 Å². The maximum absolute atomic E-state index is 17.0. The number of nitrogens with one attached hydrogen (secondary N) is 2. The van der Waals surface area contributed by atoms with Gasteiger partial charge in [-0.15, -0.1) is 10.2 Å². The molecule has 2 aliphatic carbocycles. The third kappa shape index (κ3) is 6.51. The number of hydrogen-bond donors (Lipinski definition) is 3. The lowest BCUT2D eigenvalue weighted by molar-refractivity contribution is -0.222. The first-order chi connectivity index (χ1) is 28.6. The quantitative estimate of drug-likeness (QED) is 0.118. The largest absolute Gasteiger partial charge is 0.428 e. The van der Waals surface area contributed by atoms with Crippen molar-refractivity contribution >= 4 is 34.8 Å². The minimum absolute atomic E-state index is 0.0282. The van der Waals surface area contributed by atoms with Gasteiger partial charge < -0.3 is 24.9 Å². The molecule has 3 aromatic carbocycles. The Morgan fingerprint density at radius 3 is 2.32 bits per heavy atom. The normalized spacial score (nSPS) is 26.7. The van der Waals surface area contributed by atoms with Crippen LogP contribution in [0.25, 0.3) is 0 Å². The second kappa shape index (κ2) is 15.8. The number of ether oxygens (including phenoxy) is 1. The van der Waals surface area contributed by atoms with Crippen LogP contribution in [0.4, 0.5) is 18.9 Å². The van der Waals surface area contributed by atoms with E-state index in [1.54, 1.807) is 30.3 Å². The number of carbonyl (C=O) groups is 1. The second-order valence-corrected chi connectivity index (χ2v) is 17.2. The monoisotopic (exact) mass is 846 g/mol. The minimum Gasteiger partial charge on any atom is -0.428 e. The van der Waals surface area contributed by atoms with Gasteiger partial charge in [0.25, 0.3) is 0 Å². The molecular weight excluding hydrogens is 804 g/mol. The number of hydrogen-bond acceptors (Lipinski definition) is 9. The molecule has 5 atom stereocenters. The highest BCUT2D eigenvalue weighted by Crippen LogP contribution is 2.73. The summed E-state index contributed by atoms with van der Waals surface area (Å²) < 4.78 is 60.4. The van der Waals surface area contributed by atoms with Gasteiger partial charge in [-0.3, -0.25) is 18.5 Å². The third-order valence-corrected chi connectivity index (χ3v) is 13.7. The molecule has 0 radical (unpaired) electrons. The number of rotatable bonds is 10. The molecule has 3 N–H and O–H groups in total. The zero-order valence-corrected chi connectivity index (χ0v) is 33.4. The average molecular weight is 848 g/mol. The molecule has 5 aromatic rings. The molecule has 15 heteroatoms. The van der Waals surface area contributed by atoms with Crippen molar-refractivity contribution in [2.24, 2.45) is 5.41 Å². The molecule has 4 heterocycles. The fourth-order valence-electron chi connectivity index (χ4n) is 10.8. The van der Waals surface area contributed by atoms with E-state index >= 15 is 18.0 Å². The number of likely N-dealkylation sites (tertiary alicyclic amines) is 1. The van der Waals surface area contributed by atoms with E-state index in [4.69, 9.17) is 32.4 Å². The topological polar surface area (TPSA) is 126 Å². The van der Waals surface area contributed by atoms with Gasteiger partial charge in [0.2, 0.25) is 18.2 Å². The van der Waals surface area contributed by atoms with E-state index in [1.165, 1.54) is 18.7 Å². The van der Waals surface area contributed by atoms with E-state index in [0.717, 1.165) is 0 Å². The fraction of sp³-hybridized carbons (Fsp3) is 0.409. The van der Waals surface area contributed by atoms with Gasteiger partial charge >= 0.3 is 0 Å². The van der Waals surface area contributed by atoms with Crippen molar-refractivity contribution in [2.75, 3.05) is 25.4 Å². The Morgan fingerprint density at radius 1 is 0.966 bits per heavy atom. The zero-order chi connectivity index (χ0) is 40.9. The predicted molar refractivity (Wildman–Crippen MR) is 215 cm³/mol. The van der Waals surface area contributed by atoms with Crippen LogP contribution in [0.3, 0.4) is 0 Å². The molecule has 2 spiro atoms. The fourth-order valence-corrected chi connectivity index (χ4v) is 11.1. The average Bonchev–Trinajstić information content (AvgIpc) is 3.87. The van der Waals surface area contributed by atoms with E-state index in [1.807, 2.05) is 53.4 Å².